The Morgan fingerprint density at radius 1 is 1.07 bits per heavy atom. The molecule has 3 N–H and O–H groups in total. The highest BCUT2D eigenvalue weighted by atomic mass is 35.5. The van der Waals surface area contributed by atoms with Crippen molar-refractivity contribution in [2.45, 2.75) is 6.23 Å². The number of hydrogen-bond acceptors (Lipinski definition) is 5. The summed E-state index contributed by atoms with van der Waals surface area (Å²) in [6.07, 6.45) is 3.43. The summed E-state index contributed by atoms with van der Waals surface area (Å²) in [4.78, 5) is 7.56. The first kappa shape index (κ1) is 17.7. The summed E-state index contributed by atoms with van der Waals surface area (Å²) in [5.74, 6) is -0.0589. The van der Waals surface area contributed by atoms with Crippen LogP contribution in [0.25, 0.3) is 22.2 Å². The molecule has 0 aliphatic heterocycles. The van der Waals surface area contributed by atoms with Gasteiger partial charge in [0, 0.05) is 35.1 Å². The molecular formula is C18H12Cl2FN5O. The molecule has 0 radical (unpaired) electrons. The third kappa shape index (κ3) is 3.44. The van der Waals surface area contributed by atoms with Gasteiger partial charge in [-0.05, 0) is 30.3 Å². The maximum absolute atomic E-state index is 13.1. The molecule has 3 aromatic heterocycles. The topological polar surface area (TPSA) is 89.7 Å². The summed E-state index contributed by atoms with van der Waals surface area (Å²) >= 11 is 12.3. The van der Waals surface area contributed by atoms with E-state index in [1.807, 2.05) is 0 Å². The van der Waals surface area contributed by atoms with Crippen LogP contribution in [0.3, 0.4) is 0 Å². The molecule has 0 saturated heterocycles. The molecule has 4 aromatic rings. The minimum absolute atomic E-state index is 0.317. The maximum Gasteiger partial charge on any atom is 0.212 e. The van der Waals surface area contributed by atoms with Gasteiger partial charge in [0.25, 0.3) is 0 Å². The molecule has 4 rings (SSSR count). The molecule has 0 spiro atoms. The van der Waals surface area contributed by atoms with E-state index in [1.165, 1.54) is 24.7 Å². The van der Waals surface area contributed by atoms with Crippen molar-refractivity contribution in [1.82, 2.24) is 20.2 Å². The quantitative estimate of drug-likeness (QED) is 0.386. The van der Waals surface area contributed by atoms with Crippen LogP contribution in [0.5, 0.6) is 5.75 Å². The molecule has 0 aliphatic rings. The number of halogens is 3. The Kier molecular flexibility index (Phi) is 4.65. The van der Waals surface area contributed by atoms with Gasteiger partial charge in [0.05, 0.1) is 15.6 Å². The predicted molar refractivity (Wildman–Crippen MR) is 101 cm³/mol. The lowest BCUT2D eigenvalue weighted by Gasteiger charge is -2.17. The Hall–Kier alpha value is -2.74. The molecule has 3 heterocycles. The van der Waals surface area contributed by atoms with Crippen molar-refractivity contribution in [2.24, 2.45) is 5.73 Å². The fraction of sp³-hybridized carbons (Fsp3) is 0.0556. The minimum Gasteiger partial charge on any atom is -0.471 e. The van der Waals surface area contributed by atoms with Gasteiger partial charge in [0.2, 0.25) is 5.95 Å². The second-order valence-electron chi connectivity index (χ2n) is 5.70. The average Bonchev–Trinajstić information content (AvgIpc) is 3.05. The summed E-state index contributed by atoms with van der Waals surface area (Å²) in [6.45, 7) is 0. The van der Waals surface area contributed by atoms with E-state index >= 15 is 0 Å². The SMILES string of the molecule is N[C@@H](Oc1ccc2[nH]nc(-c3ccc(F)nc3)c2c1)c1c(Cl)cncc1Cl. The number of pyridine rings is 2. The van der Waals surface area contributed by atoms with Crippen LogP contribution in [0, 0.1) is 5.95 Å². The smallest absolute Gasteiger partial charge is 0.212 e. The molecule has 136 valence electrons. The molecule has 0 aliphatic carbocycles. The van der Waals surface area contributed by atoms with Crippen molar-refractivity contribution < 1.29 is 9.13 Å². The molecular weight excluding hydrogens is 392 g/mol. The third-order valence-electron chi connectivity index (χ3n) is 3.97. The Bertz CT molecular complexity index is 1100. The normalized spacial score (nSPS) is 12.3. The van der Waals surface area contributed by atoms with E-state index in [9.17, 15) is 4.39 Å². The predicted octanol–water partition coefficient (Wildman–Crippen LogP) is 4.50. The Morgan fingerprint density at radius 3 is 2.56 bits per heavy atom. The first-order valence-corrected chi connectivity index (χ1v) is 8.59. The number of aromatic nitrogens is 4. The van der Waals surface area contributed by atoms with Gasteiger partial charge in [-0.1, -0.05) is 23.2 Å². The van der Waals surface area contributed by atoms with E-state index in [1.54, 1.807) is 24.3 Å². The molecule has 1 atom stereocenters. The van der Waals surface area contributed by atoms with Gasteiger partial charge in [0.15, 0.2) is 6.23 Å². The van der Waals surface area contributed by atoms with Crippen LogP contribution >= 0.6 is 23.2 Å². The number of benzene rings is 1. The number of H-pyrrole nitrogens is 1. The van der Waals surface area contributed by atoms with Gasteiger partial charge in [0.1, 0.15) is 11.4 Å². The van der Waals surface area contributed by atoms with Gasteiger partial charge in [-0.15, -0.1) is 0 Å². The van der Waals surface area contributed by atoms with Crippen molar-refractivity contribution in [3.63, 3.8) is 0 Å². The standard InChI is InChI=1S/C18H12Cl2FN5O/c19-12-7-23-8-13(20)16(12)18(22)27-10-2-3-14-11(5-10)17(26-25-14)9-1-4-15(21)24-6-9/h1-8,18H,22H2,(H,25,26)/t18-/m0/s1. The highest BCUT2D eigenvalue weighted by Gasteiger charge is 2.17. The zero-order valence-corrected chi connectivity index (χ0v) is 15.2. The summed E-state index contributed by atoms with van der Waals surface area (Å²) < 4.78 is 18.9. The Labute approximate surface area is 163 Å². The van der Waals surface area contributed by atoms with E-state index in [2.05, 4.69) is 20.2 Å². The van der Waals surface area contributed by atoms with Gasteiger partial charge < -0.3 is 4.74 Å². The number of fused-ring (bicyclic) bond motifs is 1. The Morgan fingerprint density at radius 2 is 1.85 bits per heavy atom. The van der Waals surface area contributed by atoms with E-state index in [0.717, 1.165) is 10.9 Å². The van der Waals surface area contributed by atoms with E-state index < -0.39 is 12.2 Å². The second-order valence-corrected chi connectivity index (χ2v) is 6.52. The molecule has 0 saturated carbocycles. The fourth-order valence-corrected chi connectivity index (χ4v) is 3.28. The molecule has 6 nitrogen and oxygen atoms in total. The first-order chi connectivity index (χ1) is 13.0. The van der Waals surface area contributed by atoms with Gasteiger partial charge >= 0.3 is 0 Å². The van der Waals surface area contributed by atoms with Crippen LogP contribution in [0.15, 0.2) is 48.9 Å². The highest BCUT2D eigenvalue weighted by molar-refractivity contribution is 6.35. The van der Waals surface area contributed by atoms with Crippen molar-refractivity contribution in [3.8, 4) is 17.0 Å². The number of ether oxygens (including phenoxy) is 1. The van der Waals surface area contributed by atoms with Gasteiger partial charge in [-0.25, -0.2) is 4.98 Å². The van der Waals surface area contributed by atoms with E-state index in [0.29, 0.717) is 32.6 Å². The summed E-state index contributed by atoms with van der Waals surface area (Å²) in [6, 6.07) is 8.21. The molecule has 1 aromatic carbocycles. The number of nitrogens with two attached hydrogens (primary N) is 1. The van der Waals surface area contributed by atoms with Crippen LogP contribution in [0.1, 0.15) is 11.8 Å². The van der Waals surface area contributed by atoms with Crippen LogP contribution in [0.2, 0.25) is 10.0 Å². The summed E-state index contributed by atoms with van der Waals surface area (Å²) in [7, 11) is 0. The van der Waals surface area contributed by atoms with Gasteiger partial charge in [-0.2, -0.15) is 9.49 Å². The van der Waals surface area contributed by atoms with Crippen molar-refractivity contribution in [1.29, 1.82) is 0 Å². The summed E-state index contributed by atoms with van der Waals surface area (Å²) in [5, 5.41) is 8.61. The number of nitrogens with zero attached hydrogens (tertiary/aromatic N) is 3. The number of rotatable bonds is 4. The highest BCUT2D eigenvalue weighted by Crippen LogP contribution is 2.33. The lowest BCUT2D eigenvalue weighted by atomic mass is 10.1. The van der Waals surface area contributed by atoms with Crippen LogP contribution in [-0.2, 0) is 0 Å². The van der Waals surface area contributed by atoms with Crippen LogP contribution < -0.4 is 10.5 Å². The Balaban J connectivity index is 1.69. The number of nitrogens with one attached hydrogen (secondary N) is 1. The lowest BCUT2D eigenvalue weighted by molar-refractivity contribution is 0.214. The van der Waals surface area contributed by atoms with Crippen LogP contribution in [-0.4, -0.2) is 20.2 Å². The van der Waals surface area contributed by atoms with Crippen LogP contribution in [0.4, 0.5) is 4.39 Å². The zero-order valence-electron chi connectivity index (χ0n) is 13.7. The van der Waals surface area contributed by atoms with E-state index in [4.69, 9.17) is 33.7 Å². The number of hydrogen-bond donors (Lipinski definition) is 2. The summed E-state index contributed by atoms with van der Waals surface area (Å²) in [5.41, 5.74) is 8.65. The van der Waals surface area contributed by atoms with Crippen molar-refractivity contribution >= 4 is 34.1 Å². The molecule has 0 fully saturated rings. The zero-order chi connectivity index (χ0) is 19.0. The maximum atomic E-state index is 13.1. The second kappa shape index (κ2) is 7.11. The molecule has 9 heteroatoms. The largest absolute Gasteiger partial charge is 0.471 e. The van der Waals surface area contributed by atoms with Gasteiger partial charge in [-0.3, -0.25) is 15.8 Å². The lowest BCUT2D eigenvalue weighted by Crippen LogP contribution is -2.18. The number of aromatic amines is 1. The first-order valence-electron chi connectivity index (χ1n) is 7.84. The van der Waals surface area contributed by atoms with Crippen molar-refractivity contribution in [3.05, 3.63) is 70.5 Å². The van der Waals surface area contributed by atoms with Crippen molar-refractivity contribution in [2.75, 3.05) is 0 Å². The average molecular weight is 404 g/mol. The monoisotopic (exact) mass is 403 g/mol. The molecule has 0 unspecified atom stereocenters. The molecule has 0 bridgehead atoms. The molecule has 27 heavy (non-hydrogen) atoms. The molecule has 0 amide bonds. The minimum atomic E-state index is -0.881. The third-order valence-corrected chi connectivity index (χ3v) is 4.58. The fourth-order valence-electron chi connectivity index (χ4n) is 2.70. The van der Waals surface area contributed by atoms with E-state index in [-0.39, 0.29) is 0 Å².